The third kappa shape index (κ3) is 3.43. The lowest BCUT2D eigenvalue weighted by Crippen LogP contribution is -2.35. The SMILES string of the molecule is OCCC(c1ccccc1)C(O)(c1ccccc1)c1ccc(O)cc1. The highest BCUT2D eigenvalue weighted by atomic mass is 16.3. The number of aliphatic hydroxyl groups excluding tert-OH is 1. The standard InChI is InChI=1S/C22H22O3/c23-16-15-21(17-7-3-1-4-8-17)22(25,18-9-5-2-6-10-18)19-11-13-20(24)14-12-19/h1-14,21,23-25H,15-16H2. The molecule has 0 aliphatic heterocycles. The Morgan fingerprint density at radius 2 is 1.24 bits per heavy atom. The topological polar surface area (TPSA) is 60.7 Å². The molecule has 0 saturated carbocycles. The molecule has 3 nitrogen and oxygen atoms in total. The van der Waals surface area contributed by atoms with Crippen LogP contribution < -0.4 is 0 Å². The van der Waals surface area contributed by atoms with Gasteiger partial charge in [-0.05, 0) is 35.2 Å². The molecule has 3 rings (SSSR count). The first-order valence-electron chi connectivity index (χ1n) is 8.39. The molecule has 2 atom stereocenters. The maximum Gasteiger partial charge on any atom is 0.121 e. The molecule has 3 heteroatoms. The molecule has 0 fully saturated rings. The first-order chi connectivity index (χ1) is 12.2. The van der Waals surface area contributed by atoms with Gasteiger partial charge < -0.3 is 15.3 Å². The molecule has 3 N–H and O–H groups in total. The molecule has 0 saturated heterocycles. The monoisotopic (exact) mass is 334 g/mol. The van der Waals surface area contributed by atoms with Gasteiger partial charge in [-0.25, -0.2) is 0 Å². The van der Waals surface area contributed by atoms with Gasteiger partial charge >= 0.3 is 0 Å². The Hall–Kier alpha value is -2.62. The summed E-state index contributed by atoms with van der Waals surface area (Å²) in [7, 11) is 0. The quantitative estimate of drug-likeness (QED) is 0.643. The zero-order valence-corrected chi connectivity index (χ0v) is 13.9. The number of aliphatic hydroxyl groups is 2. The molecule has 0 bridgehead atoms. The highest BCUT2D eigenvalue weighted by molar-refractivity contribution is 5.43. The lowest BCUT2D eigenvalue weighted by Gasteiger charge is -2.37. The summed E-state index contributed by atoms with van der Waals surface area (Å²) in [5, 5.41) is 31.2. The van der Waals surface area contributed by atoms with Gasteiger partial charge in [-0.1, -0.05) is 72.8 Å². The van der Waals surface area contributed by atoms with Gasteiger partial charge in [0.05, 0.1) is 0 Å². The first kappa shape index (κ1) is 17.2. The second kappa shape index (κ2) is 7.51. The van der Waals surface area contributed by atoms with Gasteiger partial charge in [-0.3, -0.25) is 0 Å². The molecule has 0 heterocycles. The zero-order valence-electron chi connectivity index (χ0n) is 13.9. The molecular weight excluding hydrogens is 312 g/mol. The fourth-order valence-corrected chi connectivity index (χ4v) is 3.41. The second-order valence-corrected chi connectivity index (χ2v) is 6.15. The normalized spacial score (nSPS) is 14.6. The summed E-state index contributed by atoms with van der Waals surface area (Å²) in [5.41, 5.74) is 1.07. The lowest BCUT2D eigenvalue weighted by molar-refractivity contribution is 0.0393. The maximum absolute atomic E-state index is 11.9. The summed E-state index contributed by atoms with van der Waals surface area (Å²) in [4.78, 5) is 0. The number of rotatable bonds is 6. The molecule has 0 radical (unpaired) electrons. The van der Waals surface area contributed by atoms with E-state index in [1.54, 1.807) is 24.3 Å². The van der Waals surface area contributed by atoms with Gasteiger partial charge in [0.15, 0.2) is 0 Å². The third-order valence-corrected chi connectivity index (χ3v) is 4.65. The molecule has 0 amide bonds. The van der Waals surface area contributed by atoms with Gasteiger partial charge in [-0.15, -0.1) is 0 Å². The van der Waals surface area contributed by atoms with Crippen molar-refractivity contribution in [2.45, 2.75) is 17.9 Å². The van der Waals surface area contributed by atoms with Crippen molar-refractivity contribution in [1.29, 1.82) is 0 Å². The third-order valence-electron chi connectivity index (χ3n) is 4.65. The van der Waals surface area contributed by atoms with Crippen LogP contribution in [0.2, 0.25) is 0 Å². The van der Waals surface area contributed by atoms with Crippen LogP contribution >= 0.6 is 0 Å². The van der Waals surface area contributed by atoms with Gasteiger partial charge in [0.2, 0.25) is 0 Å². The van der Waals surface area contributed by atoms with Gasteiger partial charge in [0.25, 0.3) is 0 Å². The van der Waals surface area contributed by atoms with Crippen LogP contribution in [0.5, 0.6) is 5.75 Å². The summed E-state index contributed by atoms with van der Waals surface area (Å²) >= 11 is 0. The Kier molecular flexibility index (Phi) is 5.17. The molecule has 0 aliphatic rings. The van der Waals surface area contributed by atoms with Crippen LogP contribution in [-0.4, -0.2) is 21.9 Å². The number of hydrogen-bond acceptors (Lipinski definition) is 3. The molecule has 2 unspecified atom stereocenters. The summed E-state index contributed by atoms with van der Waals surface area (Å²) in [6, 6.07) is 25.8. The Bertz CT molecular complexity index is 785. The van der Waals surface area contributed by atoms with Crippen molar-refractivity contribution < 1.29 is 15.3 Å². The van der Waals surface area contributed by atoms with Crippen molar-refractivity contribution in [3.05, 3.63) is 102 Å². The van der Waals surface area contributed by atoms with Crippen LogP contribution in [0, 0.1) is 0 Å². The lowest BCUT2D eigenvalue weighted by atomic mass is 9.71. The van der Waals surface area contributed by atoms with E-state index < -0.39 is 5.60 Å². The molecule has 3 aromatic carbocycles. The van der Waals surface area contributed by atoms with Crippen LogP contribution in [0.4, 0.5) is 0 Å². The number of hydrogen-bond donors (Lipinski definition) is 3. The zero-order chi connectivity index (χ0) is 17.7. The molecule has 0 spiro atoms. The Balaban J connectivity index is 2.20. The van der Waals surface area contributed by atoms with E-state index in [0.717, 1.165) is 11.1 Å². The Morgan fingerprint density at radius 3 is 1.80 bits per heavy atom. The minimum atomic E-state index is -1.32. The van der Waals surface area contributed by atoms with Crippen molar-refractivity contribution in [3.63, 3.8) is 0 Å². The fraction of sp³-hybridized carbons (Fsp3) is 0.182. The van der Waals surface area contributed by atoms with Gasteiger partial charge in [0, 0.05) is 12.5 Å². The summed E-state index contributed by atoms with van der Waals surface area (Å²) in [6.45, 7) is -0.0349. The van der Waals surface area contributed by atoms with E-state index in [1.807, 2.05) is 60.7 Å². The Morgan fingerprint density at radius 1 is 0.720 bits per heavy atom. The van der Waals surface area contributed by atoms with Crippen molar-refractivity contribution in [2.24, 2.45) is 0 Å². The van der Waals surface area contributed by atoms with E-state index in [2.05, 4.69) is 0 Å². The molecule has 3 aromatic rings. The van der Waals surface area contributed by atoms with E-state index >= 15 is 0 Å². The maximum atomic E-state index is 11.9. The van der Waals surface area contributed by atoms with Crippen molar-refractivity contribution in [3.8, 4) is 5.75 Å². The average Bonchev–Trinajstić information content (AvgIpc) is 2.67. The van der Waals surface area contributed by atoms with E-state index in [9.17, 15) is 15.3 Å². The minimum Gasteiger partial charge on any atom is -0.508 e. The number of benzene rings is 3. The summed E-state index contributed by atoms with van der Waals surface area (Å²) in [6.07, 6.45) is 0.413. The molecule has 25 heavy (non-hydrogen) atoms. The largest absolute Gasteiger partial charge is 0.508 e. The van der Waals surface area contributed by atoms with Crippen molar-refractivity contribution >= 4 is 0 Å². The van der Waals surface area contributed by atoms with Crippen molar-refractivity contribution in [1.82, 2.24) is 0 Å². The first-order valence-corrected chi connectivity index (χ1v) is 8.39. The minimum absolute atomic E-state index is 0.0349. The van der Waals surface area contributed by atoms with E-state index in [4.69, 9.17) is 0 Å². The molecular formula is C22H22O3. The van der Waals surface area contributed by atoms with E-state index in [-0.39, 0.29) is 18.3 Å². The summed E-state index contributed by atoms with van der Waals surface area (Å²) in [5.74, 6) is -0.178. The predicted molar refractivity (Wildman–Crippen MR) is 98.4 cm³/mol. The predicted octanol–water partition coefficient (Wildman–Crippen LogP) is 3.79. The van der Waals surface area contributed by atoms with Crippen LogP contribution in [0.3, 0.4) is 0 Å². The smallest absolute Gasteiger partial charge is 0.121 e. The molecule has 128 valence electrons. The second-order valence-electron chi connectivity index (χ2n) is 6.15. The van der Waals surface area contributed by atoms with Gasteiger partial charge in [-0.2, -0.15) is 0 Å². The van der Waals surface area contributed by atoms with Crippen molar-refractivity contribution in [2.75, 3.05) is 6.61 Å². The number of phenols is 1. The van der Waals surface area contributed by atoms with Crippen LogP contribution in [0.25, 0.3) is 0 Å². The van der Waals surface area contributed by atoms with E-state index in [0.29, 0.717) is 12.0 Å². The van der Waals surface area contributed by atoms with Crippen LogP contribution in [0.15, 0.2) is 84.9 Å². The number of aromatic hydroxyl groups is 1. The number of phenolic OH excluding ortho intramolecular Hbond substituents is 1. The highest BCUT2D eigenvalue weighted by Gasteiger charge is 2.40. The fourth-order valence-electron chi connectivity index (χ4n) is 3.41. The average molecular weight is 334 g/mol. The molecule has 0 aromatic heterocycles. The van der Waals surface area contributed by atoms with Crippen LogP contribution in [0.1, 0.15) is 29.0 Å². The molecule has 0 aliphatic carbocycles. The summed E-state index contributed by atoms with van der Waals surface area (Å²) < 4.78 is 0. The van der Waals surface area contributed by atoms with Crippen LogP contribution in [-0.2, 0) is 5.60 Å². The van der Waals surface area contributed by atoms with Gasteiger partial charge in [0.1, 0.15) is 11.4 Å². The Labute approximate surface area is 147 Å². The highest BCUT2D eigenvalue weighted by Crippen LogP contribution is 2.44. The van der Waals surface area contributed by atoms with E-state index in [1.165, 1.54) is 0 Å².